The van der Waals surface area contributed by atoms with Gasteiger partial charge in [0, 0.05) is 23.1 Å². The Balaban J connectivity index is 2.10. The van der Waals surface area contributed by atoms with Crippen molar-refractivity contribution in [1.82, 2.24) is 4.68 Å². The molecule has 0 N–H and O–H groups in total. The highest BCUT2D eigenvalue weighted by Crippen LogP contribution is 2.28. The van der Waals surface area contributed by atoms with Crippen molar-refractivity contribution >= 4 is 52.1 Å². The summed E-state index contributed by atoms with van der Waals surface area (Å²) in [4.78, 5) is 5.35. The summed E-state index contributed by atoms with van der Waals surface area (Å²) in [6, 6.07) is 7.60. The van der Waals surface area contributed by atoms with E-state index in [0.29, 0.717) is 16.6 Å². The first-order valence-corrected chi connectivity index (χ1v) is 9.50. The largest absolute Gasteiger partial charge is 0.258 e. The first kappa shape index (κ1) is 16.5. The van der Waals surface area contributed by atoms with Gasteiger partial charge in [-0.25, -0.2) is 4.68 Å². The number of aromatic nitrogens is 1. The van der Waals surface area contributed by atoms with Gasteiger partial charge in [-0.2, -0.15) is 16.4 Å². The van der Waals surface area contributed by atoms with Crippen molar-refractivity contribution in [3.8, 4) is 11.3 Å². The summed E-state index contributed by atoms with van der Waals surface area (Å²) in [6.45, 7) is 2.71. The highest BCUT2D eigenvalue weighted by atomic mass is 35.5. The fourth-order valence-electron chi connectivity index (χ4n) is 1.98. The number of rotatable bonds is 4. The SMILES string of the molecule is CCN=c1scc(-c2ccc(Cl)c(Cl)c2)n1N=Cc1ccsc1. The predicted molar refractivity (Wildman–Crippen MR) is 101 cm³/mol. The van der Waals surface area contributed by atoms with Crippen molar-refractivity contribution < 1.29 is 0 Å². The molecule has 0 atom stereocenters. The quantitative estimate of drug-likeness (QED) is 0.542. The summed E-state index contributed by atoms with van der Waals surface area (Å²) in [5, 5.41) is 11.8. The fourth-order valence-corrected chi connectivity index (χ4v) is 3.79. The second-order valence-corrected chi connectivity index (χ2v) is 7.05. The molecule has 0 saturated heterocycles. The molecule has 0 spiro atoms. The molecular formula is C16H13Cl2N3S2. The number of thiazole rings is 1. The third-order valence-corrected chi connectivity index (χ3v) is 5.35. The van der Waals surface area contributed by atoms with E-state index in [4.69, 9.17) is 23.2 Å². The molecule has 0 aliphatic heterocycles. The van der Waals surface area contributed by atoms with Crippen LogP contribution in [-0.2, 0) is 0 Å². The number of halogens is 2. The second kappa shape index (κ2) is 7.45. The van der Waals surface area contributed by atoms with E-state index in [1.165, 1.54) is 0 Å². The highest BCUT2D eigenvalue weighted by Gasteiger charge is 2.09. The Morgan fingerprint density at radius 3 is 2.74 bits per heavy atom. The van der Waals surface area contributed by atoms with E-state index in [-0.39, 0.29) is 0 Å². The van der Waals surface area contributed by atoms with Gasteiger partial charge >= 0.3 is 0 Å². The minimum atomic E-state index is 0.526. The molecule has 0 unspecified atom stereocenters. The van der Waals surface area contributed by atoms with E-state index in [2.05, 4.69) is 10.1 Å². The molecular weight excluding hydrogens is 369 g/mol. The zero-order valence-corrected chi connectivity index (χ0v) is 15.4. The van der Waals surface area contributed by atoms with E-state index in [1.807, 2.05) is 52.2 Å². The first-order chi connectivity index (χ1) is 11.2. The van der Waals surface area contributed by atoms with Gasteiger partial charge in [0.05, 0.1) is 22.0 Å². The van der Waals surface area contributed by atoms with Gasteiger partial charge in [0.1, 0.15) is 0 Å². The van der Waals surface area contributed by atoms with Crippen LogP contribution in [0.4, 0.5) is 0 Å². The van der Waals surface area contributed by atoms with Crippen LogP contribution < -0.4 is 4.80 Å². The maximum Gasteiger partial charge on any atom is 0.206 e. The van der Waals surface area contributed by atoms with Crippen molar-refractivity contribution in [2.45, 2.75) is 6.92 Å². The third-order valence-electron chi connectivity index (χ3n) is 3.06. The Bertz CT molecular complexity index is 892. The molecule has 3 rings (SSSR count). The summed E-state index contributed by atoms with van der Waals surface area (Å²) in [5.41, 5.74) is 2.96. The van der Waals surface area contributed by atoms with Gasteiger partial charge in [0.25, 0.3) is 0 Å². The van der Waals surface area contributed by atoms with E-state index >= 15 is 0 Å². The standard InChI is InChI=1S/C16H13Cl2N3S2/c1-2-19-16-21(20-8-11-5-6-22-9-11)15(10-23-16)12-3-4-13(17)14(18)7-12/h3-10H,2H2,1H3. The topological polar surface area (TPSA) is 29.6 Å². The molecule has 118 valence electrons. The fraction of sp³-hybridized carbons (Fsp3) is 0.125. The van der Waals surface area contributed by atoms with E-state index < -0.39 is 0 Å². The average Bonchev–Trinajstić information content (AvgIpc) is 3.18. The van der Waals surface area contributed by atoms with E-state index in [0.717, 1.165) is 21.6 Å². The van der Waals surface area contributed by atoms with Crippen LogP contribution in [0, 0.1) is 0 Å². The van der Waals surface area contributed by atoms with Gasteiger partial charge in [-0.3, -0.25) is 4.99 Å². The van der Waals surface area contributed by atoms with Crippen LogP contribution in [0.15, 0.2) is 50.5 Å². The zero-order chi connectivity index (χ0) is 16.2. The van der Waals surface area contributed by atoms with Crippen molar-refractivity contribution in [1.29, 1.82) is 0 Å². The molecule has 7 heteroatoms. The van der Waals surface area contributed by atoms with E-state index in [9.17, 15) is 0 Å². The molecule has 2 aromatic heterocycles. The van der Waals surface area contributed by atoms with Crippen LogP contribution >= 0.6 is 45.9 Å². The number of hydrogen-bond donors (Lipinski definition) is 0. The number of nitrogens with zero attached hydrogens (tertiary/aromatic N) is 3. The second-order valence-electron chi connectivity index (χ2n) is 4.62. The lowest BCUT2D eigenvalue weighted by atomic mass is 10.2. The molecule has 0 fully saturated rings. The zero-order valence-electron chi connectivity index (χ0n) is 12.2. The van der Waals surface area contributed by atoms with Crippen LogP contribution in [-0.4, -0.2) is 17.4 Å². The lowest BCUT2D eigenvalue weighted by Crippen LogP contribution is -2.12. The average molecular weight is 382 g/mol. The number of thiophene rings is 1. The molecule has 0 saturated carbocycles. The van der Waals surface area contributed by atoms with Crippen LogP contribution in [0.1, 0.15) is 12.5 Å². The molecule has 1 aromatic carbocycles. The highest BCUT2D eigenvalue weighted by molar-refractivity contribution is 7.08. The molecule has 0 radical (unpaired) electrons. The maximum absolute atomic E-state index is 6.14. The molecule has 0 bridgehead atoms. The number of benzene rings is 1. The summed E-state index contributed by atoms with van der Waals surface area (Å²) >= 11 is 15.3. The Morgan fingerprint density at radius 2 is 2.04 bits per heavy atom. The predicted octanol–water partition coefficient (Wildman–Crippen LogP) is 5.39. The van der Waals surface area contributed by atoms with E-state index in [1.54, 1.807) is 28.7 Å². The van der Waals surface area contributed by atoms with Gasteiger partial charge in [-0.1, -0.05) is 29.3 Å². The summed E-state index contributed by atoms with van der Waals surface area (Å²) in [5.74, 6) is 0. The Kier molecular flexibility index (Phi) is 5.33. The van der Waals surface area contributed by atoms with Crippen molar-refractivity contribution in [3.05, 3.63) is 60.8 Å². The van der Waals surface area contributed by atoms with Crippen molar-refractivity contribution in [3.63, 3.8) is 0 Å². The van der Waals surface area contributed by atoms with Crippen LogP contribution in [0.2, 0.25) is 10.0 Å². The van der Waals surface area contributed by atoms with Crippen LogP contribution in [0.3, 0.4) is 0 Å². The summed E-state index contributed by atoms with van der Waals surface area (Å²) in [6.07, 6.45) is 1.83. The lowest BCUT2D eigenvalue weighted by molar-refractivity contribution is 0.833. The van der Waals surface area contributed by atoms with Crippen molar-refractivity contribution in [2.24, 2.45) is 10.1 Å². The first-order valence-electron chi connectivity index (χ1n) is 6.92. The lowest BCUT2D eigenvalue weighted by Gasteiger charge is -2.05. The smallest absolute Gasteiger partial charge is 0.206 e. The number of hydrogen-bond acceptors (Lipinski definition) is 4. The molecule has 0 aliphatic carbocycles. The van der Waals surface area contributed by atoms with Crippen LogP contribution in [0.25, 0.3) is 11.3 Å². The summed E-state index contributed by atoms with van der Waals surface area (Å²) in [7, 11) is 0. The Morgan fingerprint density at radius 1 is 1.17 bits per heavy atom. The van der Waals surface area contributed by atoms with Gasteiger partial charge in [0.15, 0.2) is 0 Å². The molecule has 0 amide bonds. The molecule has 0 aliphatic rings. The van der Waals surface area contributed by atoms with Gasteiger partial charge in [-0.15, -0.1) is 11.3 Å². The maximum atomic E-state index is 6.14. The van der Waals surface area contributed by atoms with Crippen LogP contribution in [0.5, 0.6) is 0 Å². The molecule has 3 aromatic rings. The summed E-state index contributed by atoms with van der Waals surface area (Å²) < 4.78 is 1.84. The Hall–Kier alpha value is -1.40. The molecule has 23 heavy (non-hydrogen) atoms. The normalized spacial score (nSPS) is 12.4. The van der Waals surface area contributed by atoms with Gasteiger partial charge < -0.3 is 0 Å². The van der Waals surface area contributed by atoms with Crippen molar-refractivity contribution in [2.75, 3.05) is 6.54 Å². The Labute approximate surface area is 152 Å². The minimum Gasteiger partial charge on any atom is -0.258 e. The monoisotopic (exact) mass is 381 g/mol. The third kappa shape index (κ3) is 3.75. The minimum absolute atomic E-state index is 0.526. The molecule has 2 heterocycles. The van der Waals surface area contributed by atoms with Gasteiger partial charge in [0.2, 0.25) is 4.80 Å². The molecule has 3 nitrogen and oxygen atoms in total. The van der Waals surface area contributed by atoms with Gasteiger partial charge in [-0.05, 0) is 35.9 Å².